The van der Waals surface area contributed by atoms with Crippen LogP contribution in [0.15, 0.2) is 0 Å². The highest BCUT2D eigenvalue weighted by Crippen LogP contribution is 2.44. The molecule has 0 spiro atoms. The highest BCUT2D eigenvalue weighted by atomic mass is 19.4. The molecule has 11 heavy (non-hydrogen) atoms. The van der Waals surface area contributed by atoms with Crippen LogP contribution in [0.2, 0.25) is 0 Å². The van der Waals surface area contributed by atoms with Crippen LogP contribution in [0.5, 0.6) is 0 Å². The lowest BCUT2D eigenvalue weighted by molar-refractivity contribution is -0.239. The Hall–Kier alpha value is -0.760. The average Bonchev–Trinajstić information content (AvgIpc) is 1.77. The molecule has 62 valence electrons. The molecule has 0 amide bonds. The number of likely N-dealkylation sites (tertiary alicyclic amines) is 1. The fourth-order valence-corrected chi connectivity index (χ4v) is 1.19. The van der Waals surface area contributed by atoms with Crippen LogP contribution in [0.3, 0.4) is 0 Å². The van der Waals surface area contributed by atoms with Crippen molar-refractivity contribution in [2.45, 2.75) is 6.18 Å². The van der Waals surface area contributed by atoms with Crippen LogP contribution in [-0.2, 0) is 0 Å². The highest BCUT2D eigenvalue weighted by molar-refractivity contribution is 5.13. The van der Waals surface area contributed by atoms with Gasteiger partial charge in [0, 0.05) is 13.1 Å². The van der Waals surface area contributed by atoms with Gasteiger partial charge in [-0.15, -0.1) is 0 Å². The van der Waals surface area contributed by atoms with Gasteiger partial charge in [-0.25, -0.2) is 0 Å². The summed E-state index contributed by atoms with van der Waals surface area (Å²) in [5, 5.41) is 8.29. The first-order chi connectivity index (χ1) is 4.91. The van der Waals surface area contributed by atoms with Gasteiger partial charge in [-0.05, 0) is 7.05 Å². The smallest absolute Gasteiger partial charge is 0.302 e. The molecule has 0 aromatic carbocycles. The summed E-state index contributed by atoms with van der Waals surface area (Å²) in [6, 6.07) is 1.32. The van der Waals surface area contributed by atoms with Crippen molar-refractivity contribution in [3.8, 4) is 6.07 Å². The summed E-state index contributed by atoms with van der Waals surface area (Å²) in [7, 11) is 1.56. The Bertz CT molecular complexity index is 197. The zero-order valence-electron chi connectivity index (χ0n) is 5.94. The van der Waals surface area contributed by atoms with Crippen LogP contribution < -0.4 is 0 Å². The Labute approximate surface area is 62.2 Å². The SMILES string of the molecule is CN1CC(C#N)(C(F)(F)F)C1. The number of alkyl halides is 3. The summed E-state index contributed by atoms with van der Waals surface area (Å²) < 4.78 is 36.2. The van der Waals surface area contributed by atoms with E-state index in [2.05, 4.69) is 0 Å². The van der Waals surface area contributed by atoms with Gasteiger partial charge in [-0.2, -0.15) is 18.4 Å². The molecule has 0 aromatic rings. The molecular formula is C6H7F3N2. The molecule has 1 rings (SSSR count). The van der Waals surface area contributed by atoms with Crippen molar-refractivity contribution in [2.24, 2.45) is 5.41 Å². The van der Waals surface area contributed by atoms with E-state index in [1.165, 1.54) is 11.0 Å². The number of halogens is 3. The van der Waals surface area contributed by atoms with E-state index in [9.17, 15) is 13.2 Å². The second kappa shape index (κ2) is 2.11. The van der Waals surface area contributed by atoms with Crippen molar-refractivity contribution in [1.29, 1.82) is 5.26 Å². The first-order valence-electron chi connectivity index (χ1n) is 3.08. The van der Waals surface area contributed by atoms with Crippen molar-refractivity contribution in [3.05, 3.63) is 0 Å². The second-order valence-corrected chi connectivity index (χ2v) is 2.86. The second-order valence-electron chi connectivity index (χ2n) is 2.86. The van der Waals surface area contributed by atoms with E-state index >= 15 is 0 Å². The third-order valence-electron chi connectivity index (χ3n) is 1.84. The maximum atomic E-state index is 12.1. The molecular weight excluding hydrogens is 157 g/mol. The third-order valence-corrected chi connectivity index (χ3v) is 1.84. The minimum Gasteiger partial charge on any atom is -0.302 e. The zero-order valence-corrected chi connectivity index (χ0v) is 5.94. The predicted molar refractivity (Wildman–Crippen MR) is 31.6 cm³/mol. The number of hydrogen-bond donors (Lipinski definition) is 0. The Morgan fingerprint density at radius 1 is 1.45 bits per heavy atom. The van der Waals surface area contributed by atoms with Gasteiger partial charge in [0.1, 0.15) is 0 Å². The van der Waals surface area contributed by atoms with Gasteiger partial charge < -0.3 is 4.90 Å². The molecule has 0 aliphatic carbocycles. The molecule has 1 aliphatic heterocycles. The maximum Gasteiger partial charge on any atom is 0.409 e. The Balaban J connectivity index is 2.75. The van der Waals surface area contributed by atoms with E-state index in [4.69, 9.17) is 5.26 Å². The zero-order chi connectivity index (χ0) is 8.70. The van der Waals surface area contributed by atoms with Gasteiger partial charge in [0.05, 0.1) is 6.07 Å². The summed E-state index contributed by atoms with van der Waals surface area (Å²) in [5.41, 5.74) is -2.10. The molecule has 0 saturated carbocycles. The molecule has 1 saturated heterocycles. The van der Waals surface area contributed by atoms with Crippen LogP contribution in [-0.4, -0.2) is 31.2 Å². The van der Waals surface area contributed by atoms with E-state index < -0.39 is 11.6 Å². The van der Waals surface area contributed by atoms with Gasteiger partial charge in [0.15, 0.2) is 5.41 Å². The standard InChI is InChI=1S/C6H7F3N2/c1-11-3-5(2-10,4-11)6(7,8)9/h3-4H2,1H3. The first kappa shape index (κ1) is 8.34. The summed E-state index contributed by atoms with van der Waals surface area (Å²) in [6.45, 7) is -0.403. The number of nitrogens with zero attached hydrogens (tertiary/aromatic N) is 2. The molecule has 0 aromatic heterocycles. The van der Waals surface area contributed by atoms with Gasteiger partial charge in [0.25, 0.3) is 0 Å². The fraction of sp³-hybridized carbons (Fsp3) is 0.833. The molecule has 0 atom stereocenters. The van der Waals surface area contributed by atoms with Crippen LogP contribution in [0.25, 0.3) is 0 Å². The molecule has 5 heteroatoms. The molecule has 1 aliphatic rings. The van der Waals surface area contributed by atoms with Crippen LogP contribution in [0, 0.1) is 16.7 Å². The Morgan fingerprint density at radius 2 is 1.91 bits per heavy atom. The largest absolute Gasteiger partial charge is 0.409 e. The van der Waals surface area contributed by atoms with Crippen molar-refractivity contribution < 1.29 is 13.2 Å². The molecule has 0 bridgehead atoms. The lowest BCUT2D eigenvalue weighted by Gasteiger charge is -2.44. The van der Waals surface area contributed by atoms with Crippen molar-refractivity contribution >= 4 is 0 Å². The maximum absolute atomic E-state index is 12.1. The Morgan fingerprint density at radius 3 is 2.00 bits per heavy atom. The average molecular weight is 164 g/mol. The topological polar surface area (TPSA) is 27.0 Å². The first-order valence-corrected chi connectivity index (χ1v) is 3.08. The predicted octanol–water partition coefficient (Wildman–Crippen LogP) is 1.00. The molecule has 1 fully saturated rings. The Kier molecular flexibility index (Phi) is 1.60. The number of rotatable bonds is 0. The monoisotopic (exact) mass is 164 g/mol. The van der Waals surface area contributed by atoms with Crippen LogP contribution in [0.1, 0.15) is 0 Å². The van der Waals surface area contributed by atoms with E-state index in [1.54, 1.807) is 7.05 Å². The molecule has 0 unspecified atom stereocenters. The van der Waals surface area contributed by atoms with Gasteiger partial charge in [-0.1, -0.05) is 0 Å². The van der Waals surface area contributed by atoms with Crippen molar-refractivity contribution in [1.82, 2.24) is 4.90 Å². The third kappa shape index (κ3) is 1.07. The van der Waals surface area contributed by atoms with Crippen LogP contribution >= 0.6 is 0 Å². The summed E-state index contributed by atoms with van der Waals surface area (Å²) >= 11 is 0. The van der Waals surface area contributed by atoms with Crippen molar-refractivity contribution in [3.63, 3.8) is 0 Å². The van der Waals surface area contributed by atoms with E-state index in [0.717, 1.165) is 0 Å². The molecule has 0 radical (unpaired) electrons. The minimum absolute atomic E-state index is 0.201. The molecule has 2 nitrogen and oxygen atoms in total. The van der Waals surface area contributed by atoms with Gasteiger partial charge in [0.2, 0.25) is 0 Å². The highest BCUT2D eigenvalue weighted by Gasteiger charge is 2.61. The normalized spacial score (nSPS) is 23.9. The quantitative estimate of drug-likeness (QED) is 0.534. The van der Waals surface area contributed by atoms with Gasteiger partial charge in [-0.3, -0.25) is 0 Å². The van der Waals surface area contributed by atoms with E-state index in [0.29, 0.717) is 0 Å². The van der Waals surface area contributed by atoms with Gasteiger partial charge >= 0.3 is 6.18 Å². The number of hydrogen-bond acceptors (Lipinski definition) is 2. The minimum atomic E-state index is -4.38. The lowest BCUT2D eigenvalue weighted by atomic mass is 9.81. The molecule has 1 heterocycles. The number of nitriles is 1. The summed E-state index contributed by atoms with van der Waals surface area (Å²) in [6.07, 6.45) is -4.38. The van der Waals surface area contributed by atoms with E-state index in [1.807, 2.05) is 0 Å². The summed E-state index contributed by atoms with van der Waals surface area (Å²) in [4.78, 5) is 1.47. The lowest BCUT2D eigenvalue weighted by Crippen LogP contribution is -2.61. The summed E-state index contributed by atoms with van der Waals surface area (Å²) in [5.74, 6) is 0. The fourth-order valence-electron chi connectivity index (χ4n) is 1.19. The molecule has 0 N–H and O–H groups in total. The van der Waals surface area contributed by atoms with Crippen molar-refractivity contribution in [2.75, 3.05) is 20.1 Å². The van der Waals surface area contributed by atoms with E-state index in [-0.39, 0.29) is 13.1 Å². The van der Waals surface area contributed by atoms with Crippen LogP contribution in [0.4, 0.5) is 13.2 Å².